The summed E-state index contributed by atoms with van der Waals surface area (Å²) >= 11 is 5.92. The van der Waals surface area contributed by atoms with Crippen molar-refractivity contribution in [3.8, 4) is 22.5 Å². The molecule has 0 aromatic carbocycles. The standard InChI is InChI=1S/C15H11ClN6/c1-22-8-12(10-4-5-17-15-11(10)7-19-20-15)14(21-22)13-3-2-9(16)6-18-13/h2-8H,1H3,(H,17,19,20). The van der Waals surface area contributed by atoms with E-state index in [-0.39, 0.29) is 0 Å². The summed E-state index contributed by atoms with van der Waals surface area (Å²) in [5.74, 6) is 0. The lowest BCUT2D eigenvalue weighted by atomic mass is 10.0. The fourth-order valence-electron chi connectivity index (χ4n) is 2.48. The van der Waals surface area contributed by atoms with Gasteiger partial charge in [0.25, 0.3) is 0 Å². The van der Waals surface area contributed by atoms with Gasteiger partial charge in [0.1, 0.15) is 5.69 Å². The number of fused-ring (bicyclic) bond motifs is 1. The number of H-pyrrole nitrogens is 1. The monoisotopic (exact) mass is 310 g/mol. The maximum atomic E-state index is 5.92. The van der Waals surface area contributed by atoms with Crippen LogP contribution < -0.4 is 0 Å². The van der Waals surface area contributed by atoms with Crippen LogP contribution in [0.1, 0.15) is 0 Å². The van der Waals surface area contributed by atoms with Crippen LogP contribution in [0.4, 0.5) is 0 Å². The lowest BCUT2D eigenvalue weighted by molar-refractivity contribution is 0.770. The van der Waals surface area contributed by atoms with Crippen molar-refractivity contribution in [1.82, 2.24) is 29.9 Å². The Morgan fingerprint density at radius 1 is 1.09 bits per heavy atom. The second-order valence-corrected chi connectivity index (χ2v) is 5.35. The van der Waals surface area contributed by atoms with Gasteiger partial charge in [0.05, 0.1) is 16.9 Å². The number of halogens is 1. The SMILES string of the molecule is Cn1cc(-c2ccnc3[nH]ncc23)c(-c2ccc(Cl)cn2)n1. The Balaban J connectivity index is 1.96. The molecule has 0 atom stereocenters. The van der Waals surface area contributed by atoms with Crippen LogP contribution >= 0.6 is 11.6 Å². The summed E-state index contributed by atoms with van der Waals surface area (Å²) in [4.78, 5) is 8.64. The molecule has 0 fully saturated rings. The van der Waals surface area contributed by atoms with Crippen molar-refractivity contribution < 1.29 is 0 Å². The van der Waals surface area contributed by atoms with Crippen molar-refractivity contribution in [3.05, 3.63) is 48.0 Å². The topological polar surface area (TPSA) is 72.3 Å². The van der Waals surface area contributed by atoms with Gasteiger partial charge in [0.2, 0.25) is 0 Å². The van der Waals surface area contributed by atoms with E-state index in [1.54, 1.807) is 23.3 Å². The lowest BCUT2D eigenvalue weighted by Crippen LogP contribution is -1.90. The summed E-state index contributed by atoms with van der Waals surface area (Å²) in [6.07, 6.45) is 7.11. The summed E-state index contributed by atoms with van der Waals surface area (Å²) in [7, 11) is 1.89. The zero-order chi connectivity index (χ0) is 15.1. The van der Waals surface area contributed by atoms with E-state index in [0.717, 1.165) is 33.5 Å². The van der Waals surface area contributed by atoms with E-state index in [9.17, 15) is 0 Å². The van der Waals surface area contributed by atoms with Gasteiger partial charge in [-0.25, -0.2) is 4.98 Å². The molecule has 4 heterocycles. The molecule has 0 saturated heterocycles. The Labute approximate surface area is 130 Å². The first-order chi connectivity index (χ1) is 10.7. The summed E-state index contributed by atoms with van der Waals surface area (Å²) < 4.78 is 1.77. The van der Waals surface area contributed by atoms with Gasteiger partial charge in [0, 0.05) is 36.6 Å². The molecule has 0 aliphatic rings. The molecule has 0 radical (unpaired) electrons. The van der Waals surface area contributed by atoms with Crippen LogP contribution in [0.3, 0.4) is 0 Å². The predicted molar refractivity (Wildman–Crippen MR) is 84.3 cm³/mol. The molecule has 22 heavy (non-hydrogen) atoms. The van der Waals surface area contributed by atoms with Crippen LogP contribution in [-0.4, -0.2) is 29.9 Å². The third-order valence-corrected chi connectivity index (χ3v) is 3.67. The predicted octanol–water partition coefficient (Wildman–Crippen LogP) is 3.07. The summed E-state index contributed by atoms with van der Waals surface area (Å²) in [6.45, 7) is 0. The second kappa shape index (κ2) is 4.92. The van der Waals surface area contributed by atoms with Crippen molar-refractivity contribution in [2.75, 3.05) is 0 Å². The second-order valence-electron chi connectivity index (χ2n) is 4.92. The first-order valence-electron chi connectivity index (χ1n) is 6.66. The molecule has 0 spiro atoms. The average molecular weight is 311 g/mol. The average Bonchev–Trinajstić information content (AvgIpc) is 3.14. The molecule has 1 N–H and O–H groups in total. The first-order valence-corrected chi connectivity index (χ1v) is 7.04. The Morgan fingerprint density at radius 2 is 2.00 bits per heavy atom. The molecule has 0 bridgehead atoms. The van der Waals surface area contributed by atoms with Gasteiger partial charge in [-0.2, -0.15) is 10.2 Å². The largest absolute Gasteiger partial charge is 0.274 e. The maximum Gasteiger partial charge on any atom is 0.155 e. The molecule has 7 heteroatoms. The summed E-state index contributed by atoms with van der Waals surface area (Å²) in [6, 6.07) is 5.62. The number of pyridine rings is 2. The Bertz CT molecular complexity index is 954. The highest BCUT2D eigenvalue weighted by Crippen LogP contribution is 2.33. The molecule has 0 saturated carbocycles. The van der Waals surface area contributed by atoms with E-state index in [2.05, 4.69) is 25.3 Å². The van der Waals surface area contributed by atoms with Gasteiger partial charge < -0.3 is 0 Å². The van der Waals surface area contributed by atoms with E-state index in [0.29, 0.717) is 5.02 Å². The highest BCUT2D eigenvalue weighted by atomic mass is 35.5. The lowest BCUT2D eigenvalue weighted by Gasteiger charge is -2.03. The van der Waals surface area contributed by atoms with Gasteiger partial charge >= 0.3 is 0 Å². The minimum Gasteiger partial charge on any atom is -0.274 e. The minimum atomic E-state index is 0.599. The molecule has 0 aliphatic carbocycles. The van der Waals surface area contributed by atoms with Gasteiger partial charge in [-0.1, -0.05) is 11.6 Å². The van der Waals surface area contributed by atoms with Crippen molar-refractivity contribution >= 4 is 22.6 Å². The normalized spacial score (nSPS) is 11.2. The van der Waals surface area contributed by atoms with Gasteiger partial charge in [-0.3, -0.25) is 14.8 Å². The van der Waals surface area contributed by atoms with Gasteiger partial charge in [-0.15, -0.1) is 0 Å². The van der Waals surface area contributed by atoms with Crippen LogP contribution in [0, 0.1) is 0 Å². The van der Waals surface area contributed by atoms with Crippen LogP contribution in [0.5, 0.6) is 0 Å². The van der Waals surface area contributed by atoms with Crippen molar-refractivity contribution in [2.45, 2.75) is 0 Å². The molecule has 0 amide bonds. The van der Waals surface area contributed by atoms with E-state index in [1.807, 2.05) is 31.4 Å². The first kappa shape index (κ1) is 13.0. The zero-order valence-corrected chi connectivity index (χ0v) is 12.4. The third-order valence-electron chi connectivity index (χ3n) is 3.44. The van der Waals surface area contributed by atoms with Crippen LogP contribution in [0.15, 0.2) is 43.0 Å². The number of hydrogen-bond donors (Lipinski definition) is 1. The fraction of sp³-hybridized carbons (Fsp3) is 0.0667. The Hall–Kier alpha value is -2.73. The molecule has 108 valence electrons. The van der Waals surface area contributed by atoms with Crippen LogP contribution in [-0.2, 0) is 7.05 Å². The molecule has 0 aliphatic heterocycles. The molecule has 4 aromatic heterocycles. The molecule has 6 nitrogen and oxygen atoms in total. The van der Waals surface area contributed by atoms with Crippen molar-refractivity contribution in [2.24, 2.45) is 7.05 Å². The van der Waals surface area contributed by atoms with Gasteiger partial charge in [0.15, 0.2) is 5.65 Å². The van der Waals surface area contributed by atoms with E-state index < -0.39 is 0 Å². The molecule has 0 unspecified atom stereocenters. The number of nitrogens with zero attached hydrogens (tertiary/aromatic N) is 5. The smallest absolute Gasteiger partial charge is 0.155 e. The number of aromatic amines is 1. The van der Waals surface area contributed by atoms with Gasteiger partial charge in [-0.05, 0) is 23.8 Å². The number of aromatic nitrogens is 6. The summed E-state index contributed by atoms with van der Waals surface area (Å²) in [5, 5.41) is 13.0. The highest BCUT2D eigenvalue weighted by Gasteiger charge is 2.16. The molecular weight excluding hydrogens is 300 g/mol. The highest BCUT2D eigenvalue weighted by molar-refractivity contribution is 6.30. The van der Waals surface area contributed by atoms with E-state index in [4.69, 9.17) is 11.6 Å². The van der Waals surface area contributed by atoms with E-state index in [1.165, 1.54) is 0 Å². The maximum absolute atomic E-state index is 5.92. The number of hydrogen-bond acceptors (Lipinski definition) is 4. The molecule has 4 aromatic rings. The fourth-order valence-corrected chi connectivity index (χ4v) is 2.59. The Morgan fingerprint density at radius 3 is 2.82 bits per heavy atom. The Kier molecular flexibility index (Phi) is 2.90. The van der Waals surface area contributed by atoms with Crippen molar-refractivity contribution in [1.29, 1.82) is 0 Å². The zero-order valence-electron chi connectivity index (χ0n) is 11.7. The number of nitrogens with one attached hydrogen (secondary N) is 1. The van der Waals surface area contributed by atoms with E-state index >= 15 is 0 Å². The molecular formula is C15H11ClN6. The number of rotatable bonds is 2. The number of aryl methyl sites for hydroxylation is 1. The minimum absolute atomic E-state index is 0.599. The summed E-state index contributed by atoms with van der Waals surface area (Å²) in [5.41, 5.74) is 4.31. The third kappa shape index (κ3) is 2.05. The van der Waals surface area contributed by atoms with Crippen LogP contribution in [0.25, 0.3) is 33.5 Å². The van der Waals surface area contributed by atoms with Crippen molar-refractivity contribution in [3.63, 3.8) is 0 Å². The molecule has 4 rings (SSSR count). The van der Waals surface area contributed by atoms with Crippen LogP contribution in [0.2, 0.25) is 5.02 Å². The quantitative estimate of drug-likeness (QED) is 0.617.